The predicted molar refractivity (Wildman–Crippen MR) is 77.2 cm³/mol. The lowest BCUT2D eigenvalue weighted by Crippen LogP contribution is -2.26. The van der Waals surface area contributed by atoms with E-state index in [-0.39, 0.29) is 17.3 Å². The molecule has 1 aliphatic carbocycles. The smallest absolute Gasteiger partial charge is 0.340 e. The Morgan fingerprint density at radius 1 is 1.35 bits per heavy atom. The van der Waals surface area contributed by atoms with E-state index in [1.54, 1.807) is 0 Å². The van der Waals surface area contributed by atoms with Gasteiger partial charge in [-0.3, -0.25) is 0 Å². The number of rotatable bonds is 3. The van der Waals surface area contributed by atoms with Crippen LogP contribution in [0.25, 0.3) is 0 Å². The molecule has 3 N–H and O–H groups in total. The molecule has 0 heterocycles. The van der Waals surface area contributed by atoms with Crippen LogP contribution in [-0.4, -0.2) is 19.1 Å². The Hall–Kier alpha value is -1.78. The fourth-order valence-corrected chi connectivity index (χ4v) is 2.61. The first-order valence-corrected chi connectivity index (χ1v) is 6.95. The summed E-state index contributed by atoms with van der Waals surface area (Å²) < 4.78 is 18.6. The number of methoxy groups -OCH3 is 1. The third kappa shape index (κ3) is 3.21. The number of halogens is 1. The van der Waals surface area contributed by atoms with Gasteiger partial charge < -0.3 is 15.8 Å². The Balaban J connectivity index is 2.16. The van der Waals surface area contributed by atoms with E-state index >= 15 is 0 Å². The zero-order valence-corrected chi connectivity index (χ0v) is 11.9. The topological polar surface area (TPSA) is 64.3 Å². The SMILES string of the molecule is COC(=O)c1cc(NC2CCC(C)CC2)c(F)cc1N. The van der Waals surface area contributed by atoms with Gasteiger partial charge in [0.15, 0.2) is 0 Å². The molecular weight excluding hydrogens is 259 g/mol. The molecular formula is C15H21FN2O2. The van der Waals surface area contributed by atoms with Crippen molar-refractivity contribution in [3.05, 3.63) is 23.5 Å². The lowest BCUT2D eigenvalue weighted by atomic mass is 9.87. The molecule has 5 heteroatoms. The molecule has 0 aromatic heterocycles. The van der Waals surface area contributed by atoms with E-state index in [0.717, 1.165) is 31.6 Å². The molecule has 0 atom stereocenters. The number of benzene rings is 1. The van der Waals surface area contributed by atoms with Crippen LogP contribution in [0.5, 0.6) is 0 Å². The largest absolute Gasteiger partial charge is 0.465 e. The molecule has 0 bridgehead atoms. The lowest BCUT2D eigenvalue weighted by molar-refractivity contribution is 0.0602. The predicted octanol–water partition coefficient (Wildman–Crippen LogP) is 3.19. The van der Waals surface area contributed by atoms with Gasteiger partial charge in [-0.25, -0.2) is 9.18 Å². The number of nitrogens with one attached hydrogen (secondary N) is 1. The van der Waals surface area contributed by atoms with Gasteiger partial charge in [-0.2, -0.15) is 0 Å². The summed E-state index contributed by atoms with van der Waals surface area (Å²) >= 11 is 0. The zero-order chi connectivity index (χ0) is 14.7. The van der Waals surface area contributed by atoms with Gasteiger partial charge in [0, 0.05) is 11.7 Å². The summed E-state index contributed by atoms with van der Waals surface area (Å²) in [6, 6.07) is 2.85. The third-order valence-corrected chi connectivity index (χ3v) is 3.92. The molecule has 0 radical (unpaired) electrons. The van der Waals surface area contributed by atoms with Crippen molar-refractivity contribution in [2.24, 2.45) is 5.92 Å². The molecule has 1 aromatic carbocycles. The quantitative estimate of drug-likeness (QED) is 0.659. The summed E-state index contributed by atoms with van der Waals surface area (Å²) in [6.45, 7) is 2.23. The molecule has 20 heavy (non-hydrogen) atoms. The van der Waals surface area contributed by atoms with E-state index in [1.165, 1.54) is 19.2 Å². The van der Waals surface area contributed by atoms with Crippen molar-refractivity contribution >= 4 is 17.3 Å². The second-order valence-electron chi connectivity index (χ2n) is 5.51. The van der Waals surface area contributed by atoms with E-state index in [9.17, 15) is 9.18 Å². The number of esters is 1. The summed E-state index contributed by atoms with van der Waals surface area (Å²) in [5.41, 5.74) is 6.26. The van der Waals surface area contributed by atoms with Gasteiger partial charge in [-0.15, -0.1) is 0 Å². The molecule has 0 aliphatic heterocycles. The minimum absolute atomic E-state index is 0.0946. The van der Waals surface area contributed by atoms with Crippen LogP contribution in [0, 0.1) is 11.7 Å². The highest BCUT2D eigenvalue weighted by Gasteiger charge is 2.20. The summed E-state index contributed by atoms with van der Waals surface area (Å²) in [7, 11) is 1.28. The molecule has 1 aliphatic rings. The van der Waals surface area contributed by atoms with Crippen LogP contribution in [0.15, 0.2) is 12.1 Å². The van der Waals surface area contributed by atoms with Crippen LogP contribution in [0.4, 0.5) is 15.8 Å². The van der Waals surface area contributed by atoms with Crippen molar-refractivity contribution in [2.75, 3.05) is 18.2 Å². The van der Waals surface area contributed by atoms with E-state index in [4.69, 9.17) is 5.73 Å². The average molecular weight is 280 g/mol. The normalized spacial score (nSPS) is 22.4. The first kappa shape index (κ1) is 14.6. The average Bonchev–Trinajstić information content (AvgIpc) is 2.43. The molecule has 1 aromatic rings. The number of carbonyl (C=O) groups is 1. The number of nitrogens with two attached hydrogens (primary N) is 1. The molecule has 4 nitrogen and oxygen atoms in total. The fraction of sp³-hybridized carbons (Fsp3) is 0.533. The molecule has 0 saturated heterocycles. The lowest BCUT2D eigenvalue weighted by Gasteiger charge is -2.28. The first-order valence-electron chi connectivity index (χ1n) is 6.95. The monoisotopic (exact) mass is 280 g/mol. The number of hydrogen-bond acceptors (Lipinski definition) is 4. The number of carbonyl (C=O) groups excluding carboxylic acids is 1. The minimum Gasteiger partial charge on any atom is -0.465 e. The van der Waals surface area contributed by atoms with Gasteiger partial charge in [0.25, 0.3) is 0 Å². The van der Waals surface area contributed by atoms with Crippen LogP contribution < -0.4 is 11.1 Å². The van der Waals surface area contributed by atoms with Crippen molar-refractivity contribution in [2.45, 2.75) is 38.6 Å². The van der Waals surface area contributed by atoms with Crippen molar-refractivity contribution in [1.82, 2.24) is 0 Å². The van der Waals surface area contributed by atoms with Crippen molar-refractivity contribution in [1.29, 1.82) is 0 Å². The molecule has 0 spiro atoms. The second-order valence-corrected chi connectivity index (χ2v) is 5.51. The van der Waals surface area contributed by atoms with Gasteiger partial charge >= 0.3 is 5.97 Å². The molecule has 0 amide bonds. The highest BCUT2D eigenvalue weighted by molar-refractivity contribution is 5.96. The van der Waals surface area contributed by atoms with Crippen molar-refractivity contribution in [3.8, 4) is 0 Å². The van der Waals surface area contributed by atoms with Crippen LogP contribution >= 0.6 is 0 Å². The third-order valence-electron chi connectivity index (χ3n) is 3.92. The maximum Gasteiger partial charge on any atom is 0.340 e. The maximum atomic E-state index is 13.9. The summed E-state index contributed by atoms with van der Waals surface area (Å²) in [5.74, 6) is -0.258. The number of anilines is 2. The molecule has 0 unspecified atom stereocenters. The first-order chi connectivity index (χ1) is 9.51. The Bertz CT molecular complexity index is 497. The second kappa shape index (κ2) is 6.11. The Kier molecular flexibility index (Phi) is 4.47. The standard InChI is InChI=1S/C15H21FN2O2/c1-9-3-5-10(6-4-9)18-14-7-11(15(19)20-2)13(17)8-12(14)16/h7-10,18H,3-6,17H2,1-2H3. The van der Waals surface area contributed by atoms with Crippen LogP contribution in [-0.2, 0) is 4.74 Å². The van der Waals surface area contributed by atoms with Crippen molar-refractivity contribution in [3.63, 3.8) is 0 Å². The van der Waals surface area contributed by atoms with Gasteiger partial charge in [0.1, 0.15) is 5.82 Å². The van der Waals surface area contributed by atoms with E-state index in [1.807, 2.05) is 0 Å². The number of hydrogen-bond donors (Lipinski definition) is 2. The van der Waals surface area contributed by atoms with Gasteiger partial charge in [0.2, 0.25) is 0 Å². The zero-order valence-electron chi connectivity index (χ0n) is 11.9. The van der Waals surface area contributed by atoms with Crippen LogP contribution in [0.3, 0.4) is 0 Å². The maximum absolute atomic E-state index is 13.9. The summed E-state index contributed by atoms with van der Waals surface area (Å²) in [4.78, 5) is 11.6. The Labute approximate surface area is 118 Å². The summed E-state index contributed by atoms with van der Waals surface area (Å²) in [5, 5.41) is 3.18. The summed E-state index contributed by atoms with van der Waals surface area (Å²) in [6.07, 6.45) is 4.30. The van der Waals surface area contributed by atoms with Gasteiger partial charge in [-0.1, -0.05) is 6.92 Å². The van der Waals surface area contributed by atoms with E-state index in [2.05, 4.69) is 17.0 Å². The highest BCUT2D eigenvalue weighted by Crippen LogP contribution is 2.29. The number of ether oxygens (including phenoxy) is 1. The van der Waals surface area contributed by atoms with Gasteiger partial charge in [0.05, 0.1) is 18.4 Å². The molecule has 1 saturated carbocycles. The van der Waals surface area contributed by atoms with Crippen molar-refractivity contribution < 1.29 is 13.9 Å². The minimum atomic E-state index is -0.553. The molecule has 1 fully saturated rings. The number of nitrogen functional groups attached to an aromatic ring is 1. The van der Waals surface area contributed by atoms with Crippen LogP contribution in [0.2, 0.25) is 0 Å². The van der Waals surface area contributed by atoms with Crippen LogP contribution in [0.1, 0.15) is 43.0 Å². The van der Waals surface area contributed by atoms with E-state index < -0.39 is 11.8 Å². The van der Waals surface area contributed by atoms with E-state index in [0.29, 0.717) is 5.69 Å². The Morgan fingerprint density at radius 3 is 2.60 bits per heavy atom. The fourth-order valence-electron chi connectivity index (χ4n) is 2.61. The molecule has 2 rings (SSSR count). The molecule has 110 valence electrons. The van der Waals surface area contributed by atoms with Gasteiger partial charge in [-0.05, 0) is 43.7 Å². The highest BCUT2D eigenvalue weighted by atomic mass is 19.1. The Morgan fingerprint density at radius 2 is 2.00 bits per heavy atom.